The van der Waals surface area contributed by atoms with E-state index in [0.717, 1.165) is 38.5 Å². The van der Waals surface area contributed by atoms with E-state index in [2.05, 4.69) is 14.9 Å². The van der Waals surface area contributed by atoms with Gasteiger partial charge in [-0.05, 0) is 13.0 Å². The van der Waals surface area contributed by atoms with E-state index in [-0.39, 0.29) is 0 Å². The number of thioether (sulfide) groups is 1. The van der Waals surface area contributed by atoms with Gasteiger partial charge in [0.2, 0.25) is 0 Å². The van der Waals surface area contributed by atoms with Gasteiger partial charge in [0, 0.05) is 18.9 Å². The third kappa shape index (κ3) is 1.99. The number of hydrogen-bond donors (Lipinski definition) is 1. The highest BCUT2D eigenvalue weighted by molar-refractivity contribution is 7.98. The Kier molecular flexibility index (Phi) is 3.17. The second kappa shape index (κ2) is 4.77. The number of rotatable bonds is 1. The van der Waals surface area contributed by atoms with E-state index in [0.29, 0.717) is 6.04 Å². The standard InChI is InChI=1S/C11H17N3OS/c1-2-12-9(7-15-4-1)10-6-13-11-8-16-5-3-14(10)11/h6,9,12H,1-5,7-8H2. The maximum atomic E-state index is 5.61. The van der Waals surface area contributed by atoms with Crippen LogP contribution in [0.5, 0.6) is 0 Å². The number of nitrogens with one attached hydrogen (secondary N) is 1. The van der Waals surface area contributed by atoms with Crippen molar-refractivity contribution < 1.29 is 4.74 Å². The SMILES string of the molecule is c1nc2n(c1C1COCCCN1)CCSC2. The Labute approximate surface area is 99.8 Å². The molecule has 1 N–H and O–H groups in total. The van der Waals surface area contributed by atoms with Crippen molar-refractivity contribution in [3.63, 3.8) is 0 Å². The minimum absolute atomic E-state index is 0.326. The summed E-state index contributed by atoms with van der Waals surface area (Å²) in [7, 11) is 0. The number of ether oxygens (including phenoxy) is 1. The average molecular weight is 239 g/mol. The summed E-state index contributed by atoms with van der Waals surface area (Å²) in [6.45, 7) is 3.78. The van der Waals surface area contributed by atoms with Crippen LogP contribution in [0.4, 0.5) is 0 Å². The zero-order chi connectivity index (χ0) is 10.8. The van der Waals surface area contributed by atoms with Crippen molar-refractivity contribution in [3.8, 4) is 0 Å². The van der Waals surface area contributed by atoms with Crippen LogP contribution in [0.3, 0.4) is 0 Å². The van der Waals surface area contributed by atoms with Gasteiger partial charge in [-0.3, -0.25) is 0 Å². The van der Waals surface area contributed by atoms with Crippen LogP contribution in [0.1, 0.15) is 24.0 Å². The molecule has 0 spiro atoms. The highest BCUT2D eigenvalue weighted by Gasteiger charge is 2.22. The van der Waals surface area contributed by atoms with Gasteiger partial charge < -0.3 is 14.6 Å². The molecule has 0 aliphatic carbocycles. The molecule has 0 amide bonds. The fourth-order valence-electron chi connectivity index (χ4n) is 2.30. The summed E-state index contributed by atoms with van der Waals surface area (Å²) < 4.78 is 7.98. The molecule has 0 bridgehead atoms. The molecule has 2 aliphatic heterocycles. The van der Waals surface area contributed by atoms with Crippen LogP contribution in [0.25, 0.3) is 0 Å². The van der Waals surface area contributed by atoms with Gasteiger partial charge in [-0.15, -0.1) is 0 Å². The van der Waals surface area contributed by atoms with E-state index in [1.54, 1.807) is 0 Å². The van der Waals surface area contributed by atoms with Crippen molar-refractivity contribution in [2.24, 2.45) is 0 Å². The molecule has 1 aromatic rings. The normalized spacial score (nSPS) is 26.1. The Balaban J connectivity index is 1.84. The Hall–Kier alpha value is -0.520. The van der Waals surface area contributed by atoms with E-state index in [9.17, 15) is 0 Å². The maximum absolute atomic E-state index is 5.61. The molecular weight excluding hydrogens is 222 g/mol. The molecule has 3 rings (SSSR count). The van der Waals surface area contributed by atoms with Crippen LogP contribution >= 0.6 is 11.8 Å². The first-order valence-corrected chi connectivity index (χ1v) is 7.04. The van der Waals surface area contributed by atoms with Crippen LogP contribution in [-0.4, -0.2) is 35.1 Å². The van der Waals surface area contributed by atoms with Gasteiger partial charge in [0.1, 0.15) is 5.82 Å². The quantitative estimate of drug-likeness (QED) is 0.799. The van der Waals surface area contributed by atoms with Crippen molar-refractivity contribution in [1.29, 1.82) is 0 Å². The van der Waals surface area contributed by atoms with E-state index >= 15 is 0 Å². The number of fused-ring (bicyclic) bond motifs is 1. The summed E-state index contributed by atoms with van der Waals surface area (Å²) in [5, 5.41) is 3.54. The van der Waals surface area contributed by atoms with Crippen molar-refractivity contribution in [3.05, 3.63) is 17.7 Å². The van der Waals surface area contributed by atoms with Crippen molar-refractivity contribution in [1.82, 2.24) is 14.9 Å². The van der Waals surface area contributed by atoms with Crippen LogP contribution < -0.4 is 5.32 Å². The number of aromatic nitrogens is 2. The van der Waals surface area contributed by atoms with Crippen LogP contribution in [-0.2, 0) is 17.0 Å². The average Bonchev–Trinajstić information content (AvgIpc) is 2.57. The van der Waals surface area contributed by atoms with Crippen LogP contribution in [0.2, 0.25) is 0 Å². The molecule has 0 radical (unpaired) electrons. The monoisotopic (exact) mass is 239 g/mol. The second-order valence-corrected chi connectivity index (χ2v) is 5.34. The summed E-state index contributed by atoms with van der Waals surface area (Å²) in [5.41, 5.74) is 1.30. The largest absolute Gasteiger partial charge is 0.379 e. The molecule has 1 atom stereocenters. The predicted molar refractivity (Wildman–Crippen MR) is 64.6 cm³/mol. The Morgan fingerprint density at radius 2 is 2.56 bits per heavy atom. The Morgan fingerprint density at radius 3 is 3.56 bits per heavy atom. The number of nitrogens with zero attached hydrogens (tertiary/aromatic N) is 2. The van der Waals surface area contributed by atoms with Gasteiger partial charge in [-0.25, -0.2) is 4.98 Å². The molecular formula is C11H17N3OS. The van der Waals surface area contributed by atoms with Crippen LogP contribution in [0.15, 0.2) is 6.20 Å². The van der Waals surface area contributed by atoms with Crippen molar-refractivity contribution in [2.75, 3.05) is 25.5 Å². The second-order valence-electron chi connectivity index (χ2n) is 4.24. The van der Waals surface area contributed by atoms with E-state index in [1.807, 2.05) is 18.0 Å². The molecule has 0 aromatic carbocycles. The fourth-order valence-corrected chi connectivity index (χ4v) is 3.17. The topological polar surface area (TPSA) is 39.1 Å². The summed E-state index contributed by atoms with van der Waals surface area (Å²) in [6.07, 6.45) is 3.13. The molecule has 1 saturated heterocycles. The van der Waals surface area contributed by atoms with E-state index in [1.165, 1.54) is 17.3 Å². The van der Waals surface area contributed by atoms with Crippen molar-refractivity contribution >= 4 is 11.8 Å². The fraction of sp³-hybridized carbons (Fsp3) is 0.727. The van der Waals surface area contributed by atoms with Gasteiger partial charge >= 0.3 is 0 Å². The first-order valence-electron chi connectivity index (χ1n) is 5.88. The minimum atomic E-state index is 0.326. The lowest BCUT2D eigenvalue weighted by Gasteiger charge is -2.21. The highest BCUT2D eigenvalue weighted by atomic mass is 32.2. The van der Waals surface area contributed by atoms with Crippen molar-refractivity contribution in [2.45, 2.75) is 24.8 Å². The lowest BCUT2D eigenvalue weighted by atomic mass is 10.2. The van der Waals surface area contributed by atoms with Gasteiger partial charge in [-0.2, -0.15) is 11.8 Å². The molecule has 16 heavy (non-hydrogen) atoms. The van der Waals surface area contributed by atoms with Gasteiger partial charge in [0.15, 0.2) is 0 Å². The molecule has 5 heteroatoms. The first-order chi connectivity index (χ1) is 7.95. The number of hydrogen-bond acceptors (Lipinski definition) is 4. The van der Waals surface area contributed by atoms with E-state index < -0.39 is 0 Å². The zero-order valence-corrected chi connectivity index (χ0v) is 10.1. The summed E-state index contributed by atoms with van der Waals surface area (Å²) in [6, 6.07) is 0.326. The summed E-state index contributed by atoms with van der Waals surface area (Å²) in [4.78, 5) is 4.51. The van der Waals surface area contributed by atoms with Gasteiger partial charge in [-0.1, -0.05) is 0 Å². The predicted octanol–water partition coefficient (Wildman–Crippen LogP) is 1.18. The summed E-state index contributed by atoms with van der Waals surface area (Å²) >= 11 is 1.97. The van der Waals surface area contributed by atoms with Gasteiger partial charge in [0.25, 0.3) is 0 Å². The van der Waals surface area contributed by atoms with E-state index in [4.69, 9.17) is 4.74 Å². The molecule has 3 heterocycles. The molecule has 2 aliphatic rings. The molecule has 1 fully saturated rings. The molecule has 1 aromatic heterocycles. The Morgan fingerprint density at radius 1 is 1.56 bits per heavy atom. The molecule has 1 unspecified atom stereocenters. The minimum Gasteiger partial charge on any atom is -0.379 e. The number of imidazole rings is 1. The first kappa shape index (κ1) is 10.6. The summed E-state index contributed by atoms with van der Waals surface area (Å²) in [5.74, 6) is 3.47. The third-order valence-electron chi connectivity index (χ3n) is 3.16. The molecule has 88 valence electrons. The third-order valence-corrected chi connectivity index (χ3v) is 4.09. The highest BCUT2D eigenvalue weighted by Crippen LogP contribution is 2.24. The zero-order valence-electron chi connectivity index (χ0n) is 9.32. The van der Waals surface area contributed by atoms with Crippen LogP contribution in [0, 0.1) is 0 Å². The molecule has 0 saturated carbocycles. The maximum Gasteiger partial charge on any atom is 0.118 e. The van der Waals surface area contributed by atoms with Gasteiger partial charge in [0.05, 0.1) is 30.3 Å². The smallest absolute Gasteiger partial charge is 0.118 e. The molecule has 4 nitrogen and oxygen atoms in total. The lowest BCUT2D eigenvalue weighted by Crippen LogP contribution is -2.27. The lowest BCUT2D eigenvalue weighted by molar-refractivity contribution is 0.129. The Bertz CT molecular complexity index is 358.